The summed E-state index contributed by atoms with van der Waals surface area (Å²) in [5, 5.41) is 3.56. The molecule has 4 nitrogen and oxygen atoms in total. The standard InChI is InChI=1S/C15H22N4/c1-3-6-15(7-4-8-17-11-15)14-18-12-5-9-16-10-13(12)19(14)2/h5,9-10,17H,3-4,6-8,11H2,1-2H3. The van der Waals surface area contributed by atoms with Gasteiger partial charge < -0.3 is 9.88 Å². The summed E-state index contributed by atoms with van der Waals surface area (Å²) in [6, 6.07) is 2.01. The summed E-state index contributed by atoms with van der Waals surface area (Å²) in [6.45, 7) is 4.45. The van der Waals surface area contributed by atoms with Crippen LogP contribution in [0.5, 0.6) is 0 Å². The molecular weight excluding hydrogens is 236 g/mol. The summed E-state index contributed by atoms with van der Waals surface area (Å²) in [5.74, 6) is 1.23. The SMILES string of the molecule is CCCC1(c2nc3ccncc3n2C)CCCNC1. The van der Waals surface area contributed by atoms with Gasteiger partial charge in [-0.25, -0.2) is 4.98 Å². The molecule has 1 unspecified atom stereocenters. The van der Waals surface area contributed by atoms with E-state index in [0.29, 0.717) is 0 Å². The number of aromatic nitrogens is 3. The summed E-state index contributed by atoms with van der Waals surface area (Å²) >= 11 is 0. The molecule has 4 heteroatoms. The van der Waals surface area contributed by atoms with Gasteiger partial charge in [-0.3, -0.25) is 4.98 Å². The smallest absolute Gasteiger partial charge is 0.117 e. The van der Waals surface area contributed by atoms with Gasteiger partial charge in [-0.1, -0.05) is 13.3 Å². The fourth-order valence-corrected chi connectivity index (χ4v) is 3.47. The van der Waals surface area contributed by atoms with Gasteiger partial charge in [-0.15, -0.1) is 0 Å². The Morgan fingerprint density at radius 1 is 1.47 bits per heavy atom. The molecular formula is C15H22N4. The zero-order chi connectivity index (χ0) is 13.3. The maximum Gasteiger partial charge on any atom is 0.117 e. The third-order valence-electron chi connectivity index (χ3n) is 4.36. The third-order valence-corrected chi connectivity index (χ3v) is 4.36. The lowest BCUT2D eigenvalue weighted by molar-refractivity contribution is 0.271. The Morgan fingerprint density at radius 2 is 2.37 bits per heavy atom. The van der Waals surface area contributed by atoms with Gasteiger partial charge in [-0.2, -0.15) is 0 Å². The van der Waals surface area contributed by atoms with Crippen LogP contribution in [0.1, 0.15) is 38.4 Å². The highest BCUT2D eigenvalue weighted by Gasteiger charge is 2.37. The van der Waals surface area contributed by atoms with Crippen LogP contribution in [-0.2, 0) is 12.5 Å². The highest BCUT2D eigenvalue weighted by Crippen LogP contribution is 2.36. The van der Waals surface area contributed by atoms with Crippen molar-refractivity contribution in [2.75, 3.05) is 13.1 Å². The molecule has 1 saturated heterocycles. The molecule has 2 aromatic heterocycles. The second-order valence-corrected chi connectivity index (χ2v) is 5.67. The number of nitrogens with one attached hydrogen (secondary N) is 1. The van der Waals surface area contributed by atoms with Crippen molar-refractivity contribution in [2.45, 2.75) is 38.0 Å². The first-order valence-electron chi connectivity index (χ1n) is 7.24. The molecule has 102 valence electrons. The Kier molecular flexibility index (Phi) is 3.27. The van der Waals surface area contributed by atoms with Gasteiger partial charge in [0.2, 0.25) is 0 Å². The molecule has 0 radical (unpaired) electrons. The molecule has 1 N–H and O–H groups in total. The summed E-state index contributed by atoms with van der Waals surface area (Å²) in [7, 11) is 2.12. The van der Waals surface area contributed by atoms with Gasteiger partial charge in [0.25, 0.3) is 0 Å². The number of aryl methyl sites for hydroxylation is 1. The molecule has 0 spiro atoms. The van der Waals surface area contributed by atoms with Crippen LogP contribution in [0.4, 0.5) is 0 Å². The largest absolute Gasteiger partial charge is 0.329 e. The molecule has 19 heavy (non-hydrogen) atoms. The normalized spacial score (nSPS) is 23.9. The molecule has 0 amide bonds. The van der Waals surface area contributed by atoms with Crippen molar-refractivity contribution >= 4 is 11.0 Å². The van der Waals surface area contributed by atoms with E-state index in [0.717, 1.165) is 24.1 Å². The highest BCUT2D eigenvalue weighted by atomic mass is 15.1. The van der Waals surface area contributed by atoms with Crippen molar-refractivity contribution in [1.29, 1.82) is 0 Å². The zero-order valence-corrected chi connectivity index (χ0v) is 11.8. The molecule has 0 aromatic carbocycles. The second kappa shape index (κ2) is 4.93. The molecule has 2 aromatic rings. The van der Waals surface area contributed by atoms with E-state index in [-0.39, 0.29) is 5.41 Å². The maximum absolute atomic E-state index is 4.91. The summed E-state index contributed by atoms with van der Waals surface area (Å²) in [4.78, 5) is 9.13. The third kappa shape index (κ3) is 2.04. The molecule has 1 atom stereocenters. The number of pyridine rings is 1. The number of piperidine rings is 1. The van der Waals surface area contributed by atoms with Crippen molar-refractivity contribution in [3.05, 3.63) is 24.3 Å². The van der Waals surface area contributed by atoms with E-state index in [1.165, 1.54) is 31.5 Å². The molecule has 3 rings (SSSR count). The first-order valence-corrected chi connectivity index (χ1v) is 7.24. The lowest BCUT2D eigenvalue weighted by Gasteiger charge is -2.37. The predicted octanol–water partition coefficient (Wildman–Crippen LogP) is 2.39. The Labute approximate surface area is 114 Å². The van der Waals surface area contributed by atoms with E-state index >= 15 is 0 Å². The lowest BCUT2D eigenvalue weighted by atomic mass is 9.76. The minimum Gasteiger partial charge on any atom is -0.329 e. The Hall–Kier alpha value is -1.42. The van der Waals surface area contributed by atoms with Gasteiger partial charge in [-0.05, 0) is 31.9 Å². The number of imidazole rings is 1. The van der Waals surface area contributed by atoms with E-state index in [1.54, 1.807) is 0 Å². The molecule has 1 aliphatic heterocycles. The number of hydrogen-bond donors (Lipinski definition) is 1. The average Bonchev–Trinajstić information content (AvgIpc) is 2.79. The van der Waals surface area contributed by atoms with Crippen LogP contribution >= 0.6 is 0 Å². The number of rotatable bonds is 3. The van der Waals surface area contributed by atoms with Crippen LogP contribution in [0.2, 0.25) is 0 Å². The fourth-order valence-electron chi connectivity index (χ4n) is 3.47. The van der Waals surface area contributed by atoms with Crippen molar-refractivity contribution in [2.24, 2.45) is 7.05 Å². The molecule has 0 saturated carbocycles. The number of fused-ring (bicyclic) bond motifs is 1. The van der Waals surface area contributed by atoms with Crippen molar-refractivity contribution in [3.8, 4) is 0 Å². The second-order valence-electron chi connectivity index (χ2n) is 5.67. The fraction of sp³-hybridized carbons (Fsp3) is 0.600. The maximum atomic E-state index is 4.91. The van der Waals surface area contributed by atoms with Crippen LogP contribution in [0.25, 0.3) is 11.0 Å². The van der Waals surface area contributed by atoms with E-state index in [1.807, 2.05) is 18.5 Å². The summed E-state index contributed by atoms with van der Waals surface area (Å²) in [5.41, 5.74) is 2.40. The predicted molar refractivity (Wildman–Crippen MR) is 77.2 cm³/mol. The monoisotopic (exact) mass is 258 g/mol. The summed E-state index contributed by atoms with van der Waals surface area (Å²) < 4.78 is 2.24. The molecule has 1 aliphatic rings. The van der Waals surface area contributed by atoms with Crippen molar-refractivity contribution in [3.63, 3.8) is 0 Å². The van der Waals surface area contributed by atoms with Crippen LogP contribution in [0.15, 0.2) is 18.5 Å². The zero-order valence-electron chi connectivity index (χ0n) is 11.8. The molecule has 0 bridgehead atoms. The van der Waals surface area contributed by atoms with Gasteiger partial charge in [0.05, 0.1) is 17.2 Å². The van der Waals surface area contributed by atoms with Crippen LogP contribution < -0.4 is 5.32 Å². The Morgan fingerprint density at radius 3 is 3.05 bits per heavy atom. The van der Waals surface area contributed by atoms with Gasteiger partial charge in [0.1, 0.15) is 5.82 Å². The van der Waals surface area contributed by atoms with E-state index in [2.05, 4.69) is 28.8 Å². The quantitative estimate of drug-likeness (QED) is 0.919. The lowest BCUT2D eigenvalue weighted by Crippen LogP contribution is -2.44. The minimum absolute atomic E-state index is 0.195. The topological polar surface area (TPSA) is 42.7 Å². The van der Waals surface area contributed by atoms with Crippen LogP contribution in [0.3, 0.4) is 0 Å². The molecule has 1 fully saturated rings. The average molecular weight is 258 g/mol. The highest BCUT2D eigenvalue weighted by molar-refractivity contribution is 5.74. The minimum atomic E-state index is 0.195. The number of hydrogen-bond acceptors (Lipinski definition) is 3. The van der Waals surface area contributed by atoms with Gasteiger partial charge in [0, 0.05) is 25.2 Å². The van der Waals surface area contributed by atoms with Crippen LogP contribution in [-0.4, -0.2) is 27.6 Å². The van der Waals surface area contributed by atoms with E-state index in [9.17, 15) is 0 Å². The Bertz CT molecular complexity index is 561. The van der Waals surface area contributed by atoms with E-state index < -0.39 is 0 Å². The van der Waals surface area contributed by atoms with Gasteiger partial charge in [0.15, 0.2) is 0 Å². The molecule has 0 aliphatic carbocycles. The van der Waals surface area contributed by atoms with Gasteiger partial charge >= 0.3 is 0 Å². The first kappa shape index (κ1) is 12.6. The van der Waals surface area contributed by atoms with E-state index in [4.69, 9.17) is 4.98 Å². The summed E-state index contributed by atoms with van der Waals surface area (Å²) in [6.07, 6.45) is 8.61. The number of nitrogens with zero attached hydrogens (tertiary/aromatic N) is 3. The Balaban J connectivity index is 2.11. The first-order chi connectivity index (χ1) is 9.27. The van der Waals surface area contributed by atoms with Crippen molar-refractivity contribution < 1.29 is 0 Å². The molecule has 3 heterocycles. The van der Waals surface area contributed by atoms with Crippen LogP contribution in [0, 0.1) is 0 Å². The van der Waals surface area contributed by atoms with Crippen molar-refractivity contribution in [1.82, 2.24) is 19.9 Å².